The highest BCUT2D eigenvalue weighted by atomic mass is 19.1. The first-order chi connectivity index (χ1) is 8.56. The van der Waals surface area contributed by atoms with E-state index >= 15 is 0 Å². The fraction of sp³-hybridized carbons (Fsp3) is 0.200. The van der Waals surface area contributed by atoms with Gasteiger partial charge >= 0.3 is 0 Å². The van der Waals surface area contributed by atoms with E-state index in [4.69, 9.17) is 4.74 Å². The van der Waals surface area contributed by atoms with E-state index < -0.39 is 0 Å². The number of allylic oxidation sites excluding steroid dienone is 3. The molecule has 0 aromatic heterocycles. The predicted molar refractivity (Wildman–Crippen MR) is 66.2 cm³/mol. The van der Waals surface area contributed by atoms with Crippen molar-refractivity contribution in [2.45, 2.75) is 20.3 Å². The van der Waals surface area contributed by atoms with Crippen LogP contribution in [0, 0.1) is 5.82 Å². The van der Waals surface area contributed by atoms with Crippen molar-refractivity contribution in [2.24, 2.45) is 0 Å². The van der Waals surface area contributed by atoms with E-state index in [1.807, 2.05) is 0 Å². The molecule has 0 spiro atoms. The number of Topliss-reactive ketones (excluding diaryl/α,β-unsaturated/α-hetero) is 1. The Morgan fingerprint density at radius 1 is 1.33 bits per heavy atom. The summed E-state index contributed by atoms with van der Waals surface area (Å²) >= 11 is 0. The SMILES string of the molecule is CC(=O)C1=C(Cc2ccc(F)cc2)OC(C)=C=C1. The molecule has 0 saturated carbocycles. The monoisotopic (exact) mass is 244 g/mol. The van der Waals surface area contributed by atoms with Crippen molar-refractivity contribution in [2.75, 3.05) is 0 Å². The summed E-state index contributed by atoms with van der Waals surface area (Å²) in [5, 5.41) is 0. The van der Waals surface area contributed by atoms with Gasteiger partial charge in [-0.25, -0.2) is 4.39 Å². The van der Waals surface area contributed by atoms with E-state index in [-0.39, 0.29) is 11.6 Å². The highest BCUT2D eigenvalue weighted by Crippen LogP contribution is 2.21. The largest absolute Gasteiger partial charge is 0.457 e. The molecule has 0 unspecified atom stereocenters. The molecular formula is C15H13FO2. The van der Waals surface area contributed by atoms with Gasteiger partial charge in [-0.2, -0.15) is 0 Å². The Balaban J connectivity index is 2.29. The van der Waals surface area contributed by atoms with Crippen LogP contribution in [0.3, 0.4) is 0 Å². The molecule has 0 aliphatic carbocycles. The average molecular weight is 244 g/mol. The van der Waals surface area contributed by atoms with Crippen LogP contribution in [0.25, 0.3) is 0 Å². The summed E-state index contributed by atoms with van der Waals surface area (Å²) in [6, 6.07) is 6.15. The van der Waals surface area contributed by atoms with Crippen LogP contribution in [0.2, 0.25) is 0 Å². The topological polar surface area (TPSA) is 26.3 Å². The molecule has 0 radical (unpaired) electrons. The summed E-state index contributed by atoms with van der Waals surface area (Å²) in [6.45, 7) is 3.26. The summed E-state index contributed by atoms with van der Waals surface area (Å²) in [4.78, 5) is 11.5. The molecule has 1 aromatic carbocycles. The number of hydrogen-bond donors (Lipinski definition) is 0. The van der Waals surface area contributed by atoms with Crippen molar-refractivity contribution in [3.63, 3.8) is 0 Å². The zero-order valence-electron chi connectivity index (χ0n) is 10.3. The number of halogens is 1. The molecule has 0 fully saturated rings. The molecule has 1 aliphatic heterocycles. The summed E-state index contributed by atoms with van der Waals surface area (Å²) in [6.07, 6.45) is 2.10. The van der Waals surface area contributed by atoms with Crippen LogP contribution in [0.4, 0.5) is 4.39 Å². The van der Waals surface area contributed by atoms with E-state index in [1.54, 1.807) is 25.1 Å². The normalized spacial score (nSPS) is 14.3. The van der Waals surface area contributed by atoms with Crippen LogP contribution in [0.1, 0.15) is 19.4 Å². The van der Waals surface area contributed by atoms with Gasteiger partial charge in [0.05, 0.1) is 5.57 Å². The van der Waals surface area contributed by atoms with E-state index in [2.05, 4.69) is 5.73 Å². The van der Waals surface area contributed by atoms with Crippen molar-refractivity contribution in [1.29, 1.82) is 0 Å². The zero-order valence-corrected chi connectivity index (χ0v) is 10.3. The summed E-state index contributed by atoms with van der Waals surface area (Å²) in [5.74, 6) is 0.870. The Hall–Kier alpha value is -2.12. The highest BCUT2D eigenvalue weighted by Gasteiger charge is 2.15. The van der Waals surface area contributed by atoms with Crippen LogP contribution in [0.15, 0.2) is 53.2 Å². The number of hydrogen-bond acceptors (Lipinski definition) is 2. The van der Waals surface area contributed by atoms with Gasteiger partial charge in [-0.1, -0.05) is 17.9 Å². The molecule has 0 atom stereocenters. The molecule has 0 saturated heterocycles. The fourth-order valence-electron chi connectivity index (χ4n) is 1.74. The zero-order chi connectivity index (χ0) is 13.1. The van der Waals surface area contributed by atoms with Crippen molar-refractivity contribution in [3.05, 3.63) is 64.5 Å². The van der Waals surface area contributed by atoms with Crippen molar-refractivity contribution >= 4 is 5.78 Å². The standard InChI is InChI=1S/C15H13FO2/c1-10-3-8-14(11(2)17)15(18-10)9-12-4-6-13(16)7-5-12/h4-8H,9H2,1-2H3. The molecule has 18 heavy (non-hydrogen) atoms. The van der Waals surface area contributed by atoms with E-state index in [0.717, 1.165) is 5.56 Å². The number of carbonyl (C=O) groups is 1. The number of rotatable bonds is 3. The fourth-order valence-corrected chi connectivity index (χ4v) is 1.74. The van der Waals surface area contributed by atoms with Gasteiger partial charge in [-0.3, -0.25) is 4.79 Å². The Kier molecular flexibility index (Phi) is 3.45. The average Bonchev–Trinajstić information content (AvgIpc) is 2.32. The van der Waals surface area contributed by atoms with Crippen molar-refractivity contribution in [3.8, 4) is 0 Å². The smallest absolute Gasteiger partial charge is 0.163 e. The second-order valence-electron chi connectivity index (χ2n) is 4.14. The molecule has 0 N–H and O–H groups in total. The lowest BCUT2D eigenvalue weighted by atomic mass is 10.0. The van der Waals surface area contributed by atoms with E-state index in [0.29, 0.717) is 23.5 Å². The number of benzene rings is 1. The molecular weight excluding hydrogens is 231 g/mol. The Morgan fingerprint density at radius 2 is 2.00 bits per heavy atom. The highest BCUT2D eigenvalue weighted by molar-refractivity contribution is 5.96. The maximum Gasteiger partial charge on any atom is 0.163 e. The van der Waals surface area contributed by atoms with Crippen molar-refractivity contribution < 1.29 is 13.9 Å². The van der Waals surface area contributed by atoms with Gasteiger partial charge < -0.3 is 4.74 Å². The second kappa shape index (κ2) is 5.03. The second-order valence-corrected chi connectivity index (χ2v) is 4.14. The minimum absolute atomic E-state index is 0.0629. The van der Waals surface area contributed by atoms with Gasteiger partial charge in [0.25, 0.3) is 0 Å². The lowest BCUT2D eigenvalue weighted by Crippen LogP contribution is -2.07. The molecule has 1 heterocycles. The number of ether oxygens (including phenoxy) is 1. The first kappa shape index (κ1) is 12.3. The third-order valence-electron chi connectivity index (χ3n) is 2.65. The molecule has 2 rings (SSSR count). The number of carbonyl (C=O) groups excluding carboxylic acids is 1. The van der Waals surface area contributed by atoms with Gasteiger partial charge in [0.15, 0.2) is 5.78 Å². The maximum absolute atomic E-state index is 12.8. The molecule has 1 aliphatic rings. The predicted octanol–water partition coefficient (Wildman–Crippen LogP) is 3.30. The van der Waals surface area contributed by atoms with Gasteiger partial charge in [0.1, 0.15) is 17.3 Å². The summed E-state index contributed by atoms with van der Waals surface area (Å²) in [5.41, 5.74) is 4.28. The third kappa shape index (κ3) is 2.76. The third-order valence-corrected chi connectivity index (χ3v) is 2.65. The quantitative estimate of drug-likeness (QED) is 0.762. The van der Waals surface area contributed by atoms with Crippen LogP contribution < -0.4 is 0 Å². The van der Waals surface area contributed by atoms with Gasteiger partial charge in [-0.05, 0) is 30.7 Å². The minimum atomic E-state index is -0.278. The Bertz CT molecular complexity index is 573. The minimum Gasteiger partial charge on any atom is -0.457 e. The first-order valence-electron chi connectivity index (χ1n) is 5.66. The van der Waals surface area contributed by atoms with Gasteiger partial charge in [-0.15, -0.1) is 0 Å². The molecule has 3 heteroatoms. The van der Waals surface area contributed by atoms with Gasteiger partial charge in [0, 0.05) is 13.3 Å². The van der Waals surface area contributed by atoms with Crippen LogP contribution in [-0.4, -0.2) is 5.78 Å². The first-order valence-corrected chi connectivity index (χ1v) is 5.66. The molecule has 1 aromatic rings. The van der Waals surface area contributed by atoms with Crippen LogP contribution in [0.5, 0.6) is 0 Å². The van der Waals surface area contributed by atoms with Crippen molar-refractivity contribution in [1.82, 2.24) is 0 Å². The lowest BCUT2D eigenvalue weighted by Gasteiger charge is -2.15. The number of ketones is 1. The van der Waals surface area contributed by atoms with Crippen LogP contribution >= 0.6 is 0 Å². The summed E-state index contributed by atoms with van der Waals surface area (Å²) < 4.78 is 18.3. The van der Waals surface area contributed by atoms with Gasteiger partial charge in [0.2, 0.25) is 0 Å². The van der Waals surface area contributed by atoms with Crippen LogP contribution in [-0.2, 0) is 16.0 Å². The molecule has 92 valence electrons. The Morgan fingerprint density at radius 3 is 2.61 bits per heavy atom. The maximum atomic E-state index is 12.8. The molecule has 0 bridgehead atoms. The summed E-state index contributed by atoms with van der Waals surface area (Å²) in [7, 11) is 0. The van der Waals surface area contributed by atoms with E-state index in [1.165, 1.54) is 19.1 Å². The molecule has 0 amide bonds. The van der Waals surface area contributed by atoms with E-state index in [9.17, 15) is 9.18 Å². The lowest BCUT2D eigenvalue weighted by molar-refractivity contribution is -0.113. The molecule has 2 nitrogen and oxygen atoms in total. The Labute approximate surface area is 105 Å².